The summed E-state index contributed by atoms with van der Waals surface area (Å²) in [5.41, 5.74) is 12.5. The molecule has 2 fully saturated rings. The van der Waals surface area contributed by atoms with Crippen LogP contribution in [0.2, 0.25) is 0 Å². The van der Waals surface area contributed by atoms with Gasteiger partial charge in [-0.1, -0.05) is 12.1 Å². The number of hydrogen-bond donors (Lipinski definition) is 4. The highest BCUT2D eigenvalue weighted by molar-refractivity contribution is 5.96. The molecule has 2 saturated carbocycles. The molecule has 0 heterocycles. The van der Waals surface area contributed by atoms with Gasteiger partial charge in [0.2, 0.25) is 11.8 Å². The maximum absolute atomic E-state index is 12.4. The van der Waals surface area contributed by atoms with Gasteiger partial charge in [0, 0.05) is 18.2 Å². The zero-order valence-corrected chi connectivity index (χ0v) is 15.3. The van der Waals surface area contributed by atoms with Crippen LogP contribution in [0.5, 0.6) is 0 Å². The number of nitrogens with one attached hydrogen (secondary N) is 2. The highest BCUT2D eigenvalue weighted by Gasteiger charge is 2.48. The number of carbonyl (C=O) groups is 3. The Kier molecular flexibility index (Phi) is 6.61. The van der Waals surface area contributed by atoms with Crippen molar-refractivity contribution in [1.29, 1.82) is 0 Å². The normalized spacial score (nSPS) is 26.0. The maximum atomic E-state index is 12.4. The van der Waals surface area contributed by atoms with Crippen molar-refractivity contribution in [2.45, 2.75) is 31.8 Å². The molecule has 6 N–H and O–H groups in total. The molecule has 2 aliphatic carbocycles. The molecule has 3 amide bonds. The Hall–Kier alpha value is -2.12. The van der Waals surface area contributed by atoms with E-state index in [-0.39, 0.29) is 42.7 Å². The zero-order valence-electron chi connectivity index (χ0n) is 14.4. The van der Waals surface area contributed by atoms with Gasteiger partial charge in [-0.2, -0.15) is 0 Å². The lowest BCUT2D eigenvalue weighted by Gasteiger charge is -2.27. The van der Waals surface area contributed by atoms with E-state index in [2.05, 4.69) is 10.6 Å². The fourth-order valence-electron chi connectivity index (χ4n) is 4.08. The van der Waals surface area contributed by atoms with Gasteiger partial charge < -0.3 is 22.1 Å². The molecule has 1 aromatic carbocycles. The molecule has 2 bridgehead atoms. The van der Waals surface area contributed by atoms with Gasteiger partial charge in [-0.3, -0.25) is 14.4 Å². The molecule has 8 heteroatoms. The minimum atomic E-state index is -0.591. The molecule has 0 aromatic heterocycles. The monoisotopic (exact) mass is 380 g/mol. The third kappa shape index (κ3) is 4.34. The number of halogens is 1. The van der Waals surface area contributed by atoms with Gasteiger partial charge >= 0.3 is 0 Å². The van der Waals surface area contributed by atoms with E-state index >= 15 is 0 Å². The van der Waals surface area contributed by atoms with Crippen LogP contribution in [0.1, 0.15) is 35.2 Å². The first-order valence-corrected chi connectivity index (χ1v) is 8.64. The van der Waals surface area contributed by atoms with Crippen LogP contribution in [0.15, 0.2) is 24.3 Å². The Morgan fingerprint density at radius 1 is 1.04 bits per heavy atom. The average Bonchev–Trinajstić information content (AvgIpc) is 3.19. The number of benzene rings is 1. The SMILES string of the molecule is Cl.NC(=O)CNC(=O)c1ccc(CNC(=O)C2C3CCC(C3)C2N)cc1. The molecule has 2 aliphatic rings. The summed E-state index contributed by atoms with van der Waals surface area (Å²) in [5, 5.41) is 5.39. The lowest BCUT2D eigenvalue weighted by atomic mass is 9.84. The molecule has 4 unspecified atom stereocenters. The van der Waals surface area contributed by atoms with Crippen molar-refractivity contribution >= 4 is 30.1 Å². The van der Waals surface area contributed by atoms with Crippen molar-refractivity contribution in [2.75, 3.05) is 6.54 Å². The Morgan fingerprint density at radius 2 is 1.69 bits per heavy atom. The summed E-state index contributed by atoms with van der Waals surface area (Å²) in [6, 6.07) is 6.85. The quantitative estimate of drug-likeness (QED) is 0.566. The first-order valence-electron chi connectivity index (χ1n) is 8.64. The predicted molar refractivity (Wildman–Crippen MR) is 99.4 cm³/mol. The molecular weight excluding hydrogens is 356 g/mol. The lowest BCUT2D eigenvalue weighted by Crippen LogP contribution is -2.45. The molecule has 26 heavy (non-hydrogen) atoms. The molecule has 0 aliphatic heterocycles. The molecule has 1 aromatic rings. The summed E-state index contributed by atoms with van der Waals surface area (Å²) in [6.45, 7) is 0.211. The van der Waals surface area contributed by atoms with Crippen LogP contribution in [0.4, 0.5) is 0 Å². The van der Waals surface area contributed by atoms with E-state index in [1.807, 2.05) is 0 Å². The number of nitrogens with two attached hydrogens (primary N) is 2. The molecule has 142 valence electrons. The number of amides is 3. The van der Waals surface area contributed by atoms with Crippen LogP contribution in [-0.2, 0) is 16.1 Å². The van der Waals surface area contributed by atoms with E-state index in [4.69, 9.17) is 11.5 Å². The number of fused-ring (bicyclic) bond motifs is 2. The average molecular weight is 381 g/mol. The summed E-state index contributed by atoms with van der Waals surface area (Å²) in [5.74, 6) is -0.0651. The summed E-state index contributed by atoms with van der Waals surface area (Å²) in [6.07, 6.45) is 3.33. The second kappa shape index (κ2) is 8.51. The summed E-state index contributed by atoms with van der Waals surface area (Å²) in [7, 11) is 0. The smallest absolute Gasteiger partial charge is 0.251 e. The van der Waals surface area contributed by atoms with Crippen LogP contribution in [0, 0.1) is 17.8 Å². The molecule has 3 rings (SSSR count). The lowest BCUT2D eigenvalue weighted by molar-refractivity contribution is -0.127. The molecule has 4 atom stereocenters. The Morgan fingerprint density at radius 3 is 2.27 bits per heavy atom. The van der Waals surface area contributed by atoms with Crippen molar-refractivity contribution in [2.24, 2.45) is 29.2 Å². The van der Waals surface area contributed by atoms with Crippen molar-refractivity contribution in [3.63, 3.8) is 0 Å². The number of rotatable bonds is 6. The highest BCUT2D eigenvalue weighted by Crippen LogP contribution is 2.47. The fraction of sp³-hybridized carbons (Fsp3) is 0.500. The van der Waals surface area contributed by atoms with E-state index in [1.54, 1.807) is 24.3 Å². The number of carbonyl (C=O) groups excluding carboxylic acids is 3. The first-order chi connectivity index (χ1) is 12.0. The summed E-state index contributed by atoms with van der Waals surface area (Å²) < 4.78 is 0. The summed E-state index contributed by atoms with van der Waals surface area (Å²) >= 11 is 0. The van der Waals surface area contributed by atoms with Crippen LogP contribution < -0.4 is 22.1 Å². The number of hydrogen-bond acceptors (Lipinski definition) is 4. The van der Waals surface area contributed by atoms with E-state index in [0.29, 0.717) is 23.9 Å². The molecular formula is C18H25ClN4O3. The Labute approximate surface area is 158 Å². The Bertz CT molecular complexity index is 678. The van der Waals surface area contributed by atoms with Crippen LogP contribution in [0.25, 0.3) is 0 Å². The van der Waals surface area contributed by atoms with Crippen LogP contribution in [-0.4, -0.2) is 30.3 Å². The van der Waals surface area contributed by atoms with Gasteiger partial charge in [-0.25, -0.2) is 0 Å². The van der Waals surface area contributed by atoms with Crippen LogP contribution >= 0.6 is 12.4 Å². The van der Waals surface area contributed by atoms with Crippen molar-refractivity contribution in [3.8, 4) is 0 Å². The van der Waals surface area contributed by atoms with Gasteiger partial charge in [0.1, 0.15) is 0 Å². The van der Waals surface area contributed by atoms with Gasteiger partial charge in [-0.05, 0) is 48.8 Å². The number of primary amides is 1. The molecule has 0 radical (unpaired) electrons. The third-order valence-corrected chi connectivity index (χ3v) is 5.39. The molecule has 7 nitrogen and oxygen atoms in total. The second-order valence-corrected chi connectivity index (χ2v) is 7.00. The van der Waals surface area contributed by atoms with Gasteiger partial charge in [-0.15, -0.1) is 12.4 Å². The van der Waals surface area contributed by atoms with Gasteiger partial charge in [0.05, 0.1) is 12.5 Å². The molecule has 0 saturated heterocycles. The molecule has 0 spiro atoms. The van der Waals surface area contributed by atoms with Crippen LogP contribution in [0.3, 0.4) is 0 Å². The van der Waals surface area contributed by atoms with E-state index in [1.165, 1.54) is 0 Å². The fourth-order valence-corrected chi connectivity index (χ4v) is 4.08. The van der Waals surface area contributed by atoms with E-state index in [9.17, 15) is 14.4 Å². The zero-order chi connectivity index (χ0) is 18.0. The largest absolute Gasteiger partial charge is 0.368 e. The maximum Gasteiger partial charge on any atom is 0.251 e. The second-order valence-electron chi connectivity index (χ2n) is 7.00. The third-order valence-electron chi connectivity index (χ3n) is 5.39. The van der Waals surface area contributed by atoms with Crippen molar-refractivity contribution < 1.29 is 14.4 Å². The predicted octanol–water partition coefficient (Wildman–Crippen LogP) is 0.313. The summed E-state index contributed by atoms with van der Waals surface area (Å²) in [4.78, 5) is 34.9. The highest BCUT2D eigenvalue weighted by atomic mass is 35.5. The topological polar surface area (TPSA) is 127 Å². The van der Waals surface area contributed by atoms with E-state index in [0.717, 1.165) is 24.8 Å². The van der Waals surface area contributed by atoms with Crippen molar-refractivity contribution in [3.05, 3.63) is 35.4 Å². The van der Waals surface area contributed by atoms with Crippen molar-refractivity contribution in [1.82, 2.24) is 10.6 Å². The standard InChI is InChI=1S/C18H24N4O3.ClH/c19-14(23)9-22-17(24)11-3-1-10(2-4-11)8-21-18(25)15-12-5-6-13(7-12)16(15)20;/h1-4,12-13,15-16H,5-9,20H2,(H2,19,23)(H,21,25)(H,22,24);1H. The minimum Gasteiger partial charge on any atom is -0.368 e. The minimum absolute atomic E-state index is 0. The van der Waals surface area contributed by atoms with Gasteiger partial charge in [0.15, 0.2) is 0 Å². The Balaban J connectivity index is 0.00000243. The van der Waals surface area contributed by atoms with E-state index < -0.39 is 5.91 Å². The first kappa shape index (κ1) is 20.2. The van der Waals surface area contributed by atoms with Gasteiger partial charge in [0.25, 0.3) is 5.91 Å².